The number of rotatable bonds is 5. The van der Waals surface area contributed by atoms with Crippen molar-refractivity contribution in [3.8, 4) is 5.75 Å². The molecule has 0 bridgehead atoms. The molecule has 3 aromatic rings. The van der Waals surface area contributed by atoms with Gasteiger partial charge in [-0.3, -0.25) is 19.5 Å². The van der Waals surface area contributed by atoms with E-state index in [1.807, 2.05) is 41.5 Å². The highest BCUT2D eigenvalue weighted by Crippen LogP contribution is 2.24. The molecule has 0 N–H and O–H groups in total. The normalized spacial score (nSPS) is 18.2. The number of likely N-dealkylation sites (tertiary alicyclic amines) is 2. The number of piperidine rings is 2. The zero-order valence-corrected chi connectivity index (χ0v) is 20.5. The average Bonchev–Trinajstić information content (AvgIpc) is 2.90. The molecule has 0 spiro atoms. The molecular formula is C27H33N5O3. The van der Waals surface area contributed by atoms with E-state index in [1.54, 1.807) is 24.7 Å². The molecule has 2 saturated heterocycles. The standard InChI is InChI=1S/C27H33N5O3/c1-3-30-18-24(25(33)23-5-4-19(2)29-26(23)30)27(34)32-14-8-20(9-15-32)31-16-10-22(11-17-31)35-21-6-12-28-13-7-21/h4-7,12-13,18,20,22H,3,8-11,14-17H2,1-2H3. The van der Waals surface area contributed by atoms with Crippen molar-refractivity contribution in [3.05, 3.63) is 64.3 Å². The third-order valence-electron chi connectivity index (χ3n) is 7.33. The number of fused-ring (bicyclic) bond motifs is 1. The Bertz CT molecular complexity index is 1240. The molecule has 5 heterocycles. The summed E-state index contributed by atoms with van der Waals surface area (Å²) >= 11 is 0. The SMILES string of the molecule is CCn1cc(C(=O)N2CCC(N3CCC(Oc4ccncc4)CC3)CC2)c(=O)c2ccc(C)nc21. The van der Waals surface area contributed by atoms with E-state index in [0.29, 0.717) is 36.7 Å². The molecule has 0 aromatic carbocycles. The van der Waals surface area contributed by atoms with Crippen LogP contribution in [0.2, 0.25) is 0 Å². The van der Waals surface area contributed by atoms with Crippen LogP contribution in [-0.2, 0) is 6.54 Å². The number of amides is 1. The van der Waals surface area contributed by atoms with E-state index < -0.39 is 0 Å². The Morgan fingerprint density at radius 2 is 1.74 bits per heavy atom. The first-order chi connectivity index (χ1) is 17.0. The van der Waals surface area contributed by atoms with Crippen LogP contribution in [0.3, 0.4) is 0 Å². The van der Waals surface area contributed by atoms with Crippen LogP contribution < -0.4 is 10.2 Å². The Morgan fingerprint density at radius 1 is 1.03 bits per heavy atom. The highest BCUT2D eigenvalue weighted by Gasteiger charge is 2.31. The van der Waals surface area contributed by atoms with Crippen molar-refractivity contribution in [2.24, 2.45) is 0 Å². The third kappa shape index (κ3) is 4.93. The second-order valence-electron chi connectivity index (χ2n) is 9.54. The van der Waals surface area contributed by atoms with Gasteiger partial charge in [-0.2, -0.15) is 0 Å². The summed E-state index contributed by atoms with van der Waals surface area (Å²) in [7, 11) is 0. The number of aromatic nitrogens is 3. The van der Waals surface area contributed by atoms with Gasteiger partial charge >= 0.3 is 0 Å². The van der Waals surface area contributed by atoms with Crippen LogP contribution in [0.25, 0.3) is 11.0 Å². The molecule has 8 nitrogen and oxygen atoms in total. The van der Waals surface area contributed by atoms with Crippen molar-refractivity contribution >= 4 is 16.9 Å². The maximum Gasteiger partial charge on any atom is 0.259 e. The number of pyridine rings is 3. The van der Waals surface area contributed by atoms with Gasteiger partial charge in [-0.25, -0.2) is 4.98 Å². The van der Waals surface area contributed by atoms with Crippen molar-refractivity contribution in [1.82, 2.24) is 24.3 Å². The maximum atomic E-state index is 13.4. The number of nitrogens with zero attached hydrogens (tertiary/aromatic N) is 5. The topological polar surface area (TPSA) is 80.6 Å². The lowest BCUT2D eigenvalue weighted by Gasteiger charge is -2.41. The van der Waals surface area contributed by atoms with E-state index in [4.69, 9.17) is 4.74 Å². The van der Waals surface area contributed by atoms with E-state index in [-0.39, 0.29) is 23.0 Å². The summed E-state index contributed by atoms with van der Waals surface area (Å²) in [6.07, 6.45) is 9.31. The predicted octanol–water partition coefficient (Wildman–Crippen LogP) is 3.27. The van der Waals surface area contributed by atoms with Crippen molar-refractivity contribution in [2.45, 2.75) is 58.2 Å². The smallest absolute Gasteiger partial charge is 0.259 e. The van der Waals surface area contributed by atoms with E-state index >= 15 is 0 Å². The van der Waals surface area contributed by atoms with Crippen LogP contribution in [-0.4, -0.2) is 68.6 Å². The minimum absolute atomic E-state index is 0.164. The minimum Gasteiger partial charge on any atom is -0.490 e. The fraction of sp³-hybridized carbons (Fsp3) is 0.481. The van der Waals surface area contributed by atoms with Gasteiger partial charge in [0.25, 0.3) is 5.91 Å². The van der Waals surface area contributed by atoms with Crippen LogP contribution >= 0.6 is 0 Å². The van der Waals surface area contributed by atoms with Gasteiger partial charge in [-0.1, -0.05) is 0 Å². The third-order valence-corrected chi connectivity index (χ3v) is 7.33. The van der Waals surface area contributed by atoms with Crippen molar-refractivity contribution in [3.63, 3.8) is 0 Å². The van der Waals surface area contributed by atoms with Crippen molar-refractivity contribution in [1.29, 1.82) is 0 Å². The Hall–Kier alpha value is -3.26. The average molecular weight is 476 g/mol. The lowest BCUT2D eigenvalue weighted by molar-refractivity contribution is 0.0424. The summed E-state index contributed by atoms with van der Waals surface area (Å²) < 4.78 is 8.00. The molecule has 5 rings (SSSR count). The van der Waals surface area contributed by atoms with Crippen LogP contribution in [0, 0.1) is 6.92 Å². The predicted molar refractivity (Wildman–Crippen MR) is 135 cm³/mol. The molecule has 2 aliphatic heterocycles. The molecule has 8 heteroatoms. The first kappa shape index (κ1) is 23.5. The van der Waals surface area contributed by atoms with Crippen LogP contribution in [0.4, 0.5) is 0 Å². The minimum atomic E-state index is -0.222. The number of hydrogen-bond acceptors (Lipinski definition) is 6. The van der Waals surface area contributed by atoms with Gasteiger partial charge in [0.15, 0.2) is 0 Å². The molecule has 3 aromatic heterocycles. The first-order valence-corrected chi connectivity index (χ1v) is 12.6. The lowest BCUT2D eigenvalue weighted by atomic mass is 9.98. The second kappa shape index (κ2) is 10.2. The van der Waals surface area contributed by atoms with E-state index in [0.717, 1.165) is 50.2 Å². The summed E-state index contributed by atoms with van der Waals surface area (Å²) in [5.41, 5.74) is 1.52. The highest BCUT2D eigenvalue weighted by atomic mass is 16.5. The molecule has 2 aliphatic rings. The number of aryl methyl sites for hydroxylation is 2. The molecule has 1 amide bonds. The Morgan fingerprint density at radius 3 is 2.43 bits per heavy atom. The first-order valence-electron chi connectivity index (χ1n) is 12.6. The number of carbonyl (C=O) groups excluding carboxylic acids is 1. The quantitative estimate of drug-likeness (QED) is 0.564. The molecule has 35 heavy (non-hydrogen) atoms. The molecule has 184 valence electrons. The molecule has 0 atom stereocenters. The molecule has 2 fully saturated rings. The fourth-order valence-electron chi connectivity index (χ4n) is 5.33. The summed E-state index contributed by atoms with van der Waals surface area (Å²) in [4.78, 5) is 39.5. The Balaban J connectivity index is 1.20. The van der Waals surface area contributed by atoms with E-state index in [2.05, 4.69) is 14.9 Å². The molecular weight excluding hydrogens is 442 g/mol. The van der Waals surface area contributed by atoms with Crippen molar-refractivity contribution < 1.29 is 9.53 Å². The molecule has 0 saturated carbocycles. The zero-order chi connectivity index (χ0) is 24.4. The Labute approximate surface area is 205 Å². The summed E-state index contributed by atoms with van der Waals surface area (Å²) in [5.74, 6) is 0.717. The van der Waals surface area contributed by atoms with Gasteiger partial charge in [0.05, 0.1) is 5.39 Å². The van der Waals surface area contributed by atoms with Crippen LogP contribution in [0.15, 0.2) is 47.7 Å². The zero-order valence-electron chi connectivity index (χ0n) is 20.5. The van der Waals surface area contributed by atoms with E-state index in [1.165, 1.54) is 0 Å². The van der Waals surface area contributed by atoms with Crippen LogP contribution in [0.5, 0.6) is 5.75 Å². The molecule has 0 radical (unpaired) electrons. The summed E-state index contributed by atoms with van der Waals surface area (Å²) in [5, 5.41) is 0.509. The highest BCUT2D eigenvalue weighted by molar-refractivity contribution is 5.97. The van der Waals surface area contributed by atoms with Gasteiger partial charge in [-0.15, -0.1) is 0 Å². The molecule has 0 unspecified atom stereocenters. The largest absolute Gasteiger partial charge is 0.490 e. The lowest BCUT2D eigenvalue weighted by Crippen LogP contribution is -2.50. The van der Waals surface area contributed by atoms with Gasteiger partial charge in [0, 0.05) is 63.1 Å². The summed E-state index contributed by atoms with van der Waals surface area (Å²) in [6.45, 7) is 7.91. The maximum absolute atomic E-state index is 13.4. The van der Waals surface area contributed by atoms with Gasteiger partial charge in [0.1, 0.15) is 23.1 Å². The van der Waals surface area contributed by atoms with Gasteiger partial charge in [-0.05, 0) is 63.8 Å². The number of hydrogen-bond donors (Lipinski definition) is 0. The van der Waals surface area contributed by atoms with Gasteiger partial charge < -0.3 is 14.2 Å². The number of ether oxygens (including phenoxy) is 1. The second-order valence-corrected chi connectivity index (χ2v) is 9.54. The van der Waals surface area contributed by atoms with E-state index in [9.17, 15) is 9.59 Å². The van der Waals surface area contributed by atoms with Gasteiger partial charge in [0.2, 0.25) is 5.43 Å². The number of carbonyl (C=O) groups is 1. The monoisotopic (exact) mass is 475 g/mol. The summed E-state index contributed by atoms with van der Waals surface area (Å²) in [6, 6.07) is 7.89. The van der Waals surface area contributed by atoms with Crippen LogP contribution in [0.1, 0.15) is 48.7 Å². The Kier molecular flexibility index (Phi) is 6.81. The molecule has 0 aliphatic carbocycles. The van der Waals surface area contributed by atoms with Crippen molar-refractivity contribution in [2.75, 3.05) is 26.2 Å². The fourth-order valence-corrected chi connectivity index (χ4v) is 5.33.